The largest absolute Gasteiger partial charge is 0.357 e. The van der Waals surface area contributed by atoms with Crippen molar-refractivity contribution in [3.8, 4) is 0 Å². The zero-order chi connectivity index (χ0) is 16.8. The average molecular weight is 361 g/mol. The van der Waals surface area contributed by atoms with E-state index in [1.54, 1.807) is 6.08 Å². The molecule has 2 aromatic rings. The lowest BCUT2D eigenvalue weighted by atomic mass is 10.1. The Bertz CT molecular complexity index is 683. The Balaban J connectivity index is 1.78. The Kier molecular flexibility index (Phi) is 5.87. The summed E-state index contributed by atoms with van der Waals surface area (Å²) in [5.74, 6) is 0.166. The van der Waals surface area contributed by atoms with Crippen molar-refractivity contribution >= 4 is 34.1 Å². The van der Waals surface area contributed by atoms with E-state index in [-0.39, 0.29) is 11.2 Å². The minimum Gasteiger partial charge on any atom is -0.357 e. The van der Waals surface area contributed by atoms with Gasteiger partial charge in [-0.25, -0.2) is 0 Å². The number of amides is 1. The van der Waals surface area contributed by atoms with Crippen LogP contribution in [0.1, 0.15) is 23.7 Å². The molecule has 1 N–H and O–H groups in total. The van der Waals surface area contributed by atoms with Crippen molar-refractivity contribution < 1.29 is 4.79 Å². The van der Waals surface area contributed by atoms with Gasteiger partial charge in [-0.3, -0.25) is 4.79 Å². The van der Waals surface area contributed by atoms with Gasteiger partial charge in [0, 0.05) is 19.6 Å². The molecule has 0 aliphatic carbocycles. The molecule has 24 heavy (non-hydrogen) atoms. The Morgan fingerprint density at radius 2 is 2.08 bits per heavy atom. The number of carbonyl (C=O) groups excluding carboxylic acids is 1. The van der Waals surface area contributed by atoms with Crippen LogP contribution in [0, 0.1) is 0 Å². The highest BCUT2D eigenvalue weighted by molar-refractivity contribution is 8.01. The zero-order valence-electron chi connectivity index (χ0n) is 13.4. The summed E-state index contributed by atoms with van der Waals surface area (Å²) in [5, 5.41) is 11.9. The van der Waals surface area contributed by atoms with E-state index in [1.807, 2.05) is 35.2 Å². The van der Waals surface area contributed by atoms with E-state index in [0.717, 1.165) is 41.0 Å². The molecule has 1 aromatic carbocycles. The van der Waals surface area contributed by atoms with Gasteiger partial charge in [0.05, 0.1) is 0 Å². The lowest BCUT2D eigenvalue weighted by Gasteiger charge is -2.22. The molecular formula is C17H20N4OS2. The summed E-state index contributed by atoms with van der Waals surface area (Å²) in [5.41, 5.74) is 1.01. The van der Waals surface area contributed by atoms with Gasteiger partial charge in [-0.1, -0.05) is 59.5 Å². The van der Waals surface area contributed by atoms with Crippen LogP contribution in [0.15, 0.2) is 47.3 Å². The lowest BCUT2D eigenvalue weighted by molar-refractivity contribution is -0.129. The SMILES string of the molecule is C=CCNc1nnc(S[C@H](C(=O)N2CCCC2)c2ccccc2)s1. The quantitative estimate of drug-likeness (QED) is 0.604. The maximum absolute atomic E-state index is 13.0. The Labute approximate surface area is 150 Å². The minimum absolute atomic E-state index is 0.166. The van der Waals surface area contributed by atoms with E-state index in [9.17, 15) is 4.79 Å². The van der Waals surface area contributed by atoms with Crippen molar-refractivity contribution in [2.24, 2.45) is 0 Å². The number of nitrogens with one attached hydrogen (secondary N) is 1. The lowest BCUT2D eigenvalue weighted by Crippen LogP contribution is -2.31. The fraction of sp³-hybridized carbons (Fsp3) is 0.353. The van der Waals surface area contributed by atoms with Crippen LogP contribution in [-0.4, -0.2) is 40.6 Å². The third kappa shape index (κ3) is 4.15. The summed E-state index contributed by atoms with van der Waals surface area (Å²) in [6, 6.07) is 9.91. The molecule has 126 valence electrons. The minimum atomic E-state index is -0.274. The maximum atomic E-state index is 13.0. The van der Waals surface area contributed by atoms with Gasteiger partial charge in [0.2, 0.25) is 11.0 Å². The molecule has 1 aromatic heterocycles. The van der Waals surface area contributed by atoms with Gasteiger partial charge in [0.25, 0.3) is 0 Å². The van der Waals surface area contributed by atoms with E-state index in [4.69, 9.17) is 0 Å². The zero-order valence-corrected chi connectivity index (χ0v) is 15.0. The van der Waals surface area contributed by atoms with E-state index in [1.165, 1.54) is 23.1 Å². The molecule has 3 rings (SSSR count). The number of rotatable bonds is 7. The first-order valence-corrected chi connectivity index (χ1v) is 9.66. The second-order valence-electron chi connectivity index (χ2n) is 5.48. The van der Waals surface area contributed by atoms with Crippen LogP contribution in [-0.2, 0) is 4.79 Å². The third-order valence-corrected chi connectivity index (χ3v) is 5.97. The van der Waals surface area contributed by atoms with Crippen molar-refractivity contribution in [3.05, 3.63) is 48.6 Å². The molecule has 2 heterocycles. The first kappa shape index (κ1) is 17.0. The first-order valence-electron chi connectivity index (χ1n) is 7.96. The van der Waals surface area contributed by atoms with Crippen molar-refractivity contribution in [3.63, 3.8) is 0 Å². The van der Waals surface area contributed by atoms with Crippen LogP contribution in [0.3, 0.4) is 0 Å². The molecule has 1 aliphatic rings. The van der Waals surface area contributed by atoms with Gasteiger partial charge >= 0.3 is 0 Å². The Morgan fingerprint density at radius 1 is 1.33 bits per heavy atom. The molecule has 1 fully saturated rings. The highest BCUT2D eigenvalue weighted by atomic mass is 32.2. The number of likely N-dealkylation sites (tertiary alicyclic amines) is 1. The highest BCUT2D eigenvalue weighted by Gasteiger charge is 2.29. The molecule has 1 atom stereocenters. The number of hydrogen-bond donors (Lipinski definition) is 1. The van der Waals surface area contributed by atoms with E-state index >= 15 is 0 Å². The first-order chi connectivity index (χ1) is 11.8. The number of anilines is 1. The third-order valence-electron chi connectivity index (χ3n) is 3.77. The molecule has 5 nitrogen and oxygen atoms in total. The van der Waals surface area contributed by atoms with Crippen molar-refractivity contribution in [1.29, 1.82) is 0 Å². The number of benzene rings is 1. The molecule has 0 radical (unpaired) electrons. The Morgan fingerprint density at radius 3 is 2.79 bits per heavy atom. The van der Waals surface area contributed by atoms with Crippen molar-refractivity contribution in [2.45, 2.75) is 22.4 Å². The summed E-state index contributed by atoms with van der Waals surface area (Å²) < 4.78 is 0.794. The molecule has 1 aliphatic heterocycles. The van der Waals surface area contributed by atoms with E-state index < -0.39 is 0 Å². The van der Waals surface area contributed by atoms with Crippen molar-refractivity contribution in [2.75, 3.05) is 25.0 Å². The van der Waals surface area contributed by atoms with Gasteiger partial charge in [0.15, 0.2) is 4.34 Å². The van der Waals surface area contributed by atoms with Crippen LogP contribution in [0.4, 0.5) is 5.13 Å². The molecule has 0 bridgehead atoms. The van der Waals surface area contributed by atoms with Crippen molar-refractivity contribution in [1.82, 2.24) is 15.1 Å². The van der Waals surface area contributed by atoms with Crippen LogP contribution < -0.4 is 5.32 Å². The molecule has 0 saturated carbocycles. The molecule has 0 spiro atoms. The number of hydrogen-bond acceptors (Lipinski definition) is 6. The summed E-state index contributed by atoms with van der Waals surface area (Å²) in [6.07, 6.45) is 3.95. The average Bonchev–Trinajstić information content (AvgIpc) is 3.30. The number of aromatic nitrogens is 2. The predicted molar refractivity (Wildman–Crippen MR) is 99.4 cm³/mol. The smallest absolute Gasteiger partial charge is 0.240 e. The van der Waals surface area contributed by atoms with Gasteiger partial charge in [0.1, 0.15) is 5.25 Å². The van der Waals surface area contributed by atoms with Gasteiger partial charge < -0.3 is 10.2 Å². The Hall–Kier alpha value is -1.86. The van der Waals surface area contributed by atoms with Gasteiger partial charge in [-0.15, -0.1) is 16.8 Å². The highest BCUT2D eigenvalue weighted by Crippen LogP contribution is 2.39. The number of carbonyl (C=O) groups is 1. The number of thioether (sulfide) groups is 1. The second kappa shape index (κ2) is 8.30. The summed E-state index contributed by atoms with van der Waals surface area (Å²) in [4.78, 5) is 14.9. The topological polar surface area (TPSA) is 58.1 Å². The summed E-state index contributed by atoms with van der Waals surface area (Å²) in [6.45, 7) is 6.03. The van der Waals surface area contributed by atoms with Crippen LogP contribution >= 0.6 is 23.1 Å². The van der Waals surface area contributed by atoms with Gasteiger partial charge in [-0.2, -0.15) is 0 Å². The number of nitrogens with zero attached hydrogens (tertiary/aromatic N) is 3. The summed E-state index contributed by atoms with van der Waals surface area (Å²) >= 11 is 2.95. The molecular weight excluding hydrogens is 340 g/mol. The molecule has 7 heteroatoms. The molecule has 0 unspecified atom stereocenters. The van der Waals surface area contributed by atoms with Crippen LogP contribution in [0.5, 0.6) is 0 Å². The normalized spacial score (nSPS) is 15.2. The summed E-state index contributed by atoms with van der Waals surface area (Å²) in [7, 11) is 0. The maximum Gasteiger partial charge on any atom is 0.240 e. The van der Waals surface area contributed by atoms with E-state index in [2.05, 4.69) is 22.1 Å². The predicted octanol–water partition coefficient (Wildman–Crippen LogP) is 3.59. The monoisotopic (exact) mass is 360 g/mol. The fourth-order valence-corrected chi connectivity index (χ4v) is 4.62. The molecule has 1 saturated heterocycles. The van der Waals surface area contributed by atoms with E-state index in [0.29, 0.717) is 6.54 Å². The fourth-order valence-electron chi connectivity index (χ4n) is 2.58. The standard InChI is InChI=1S/C17H20N4OS2/c1-2-10-18-16-19-20-17(24-16)23-14(13-8-4-3-5-9-13)15(22)21-11-6-7-12-21/h2-5,8-9,14H,1,6-7,10-12H2,(H,18,19)/t14-/m0/s1. The second-order valence-corrected chi connectivity index (χ2v) is 7.81. The molecule has 1 amide bonds. The van der Waals surface area contributed by atoms with Gasteiger partial charge in [-0.05, 0) is 18.4 Å². The van der Waals surface area contributed by atoms with Crippen LogP contribution in [0.2, 0.25) is 0 Å². The van der Waals surface area contributed by atoms with Crippen LogP contribution in [0.25, 0.3) is 0 Å².